The Morgan fingerprint density at radius 2 is 1.42 bits per heavy atom. The molecule has 0 fully saturated rings. The van der Waals surface area contributed by atoms with Gasteiger partial charge in [0.1, 0.15) is 5.75 Å². The molecule has 4 rings (SSSR count). The van der Waals surface area contributed by atoms with Crippen molar-refractivity contribution < 1.29 is 27.3 Å². The molecule has 0 heterocycles. The van der Waals surface area contributed by atoms with E-state index in [9.17, 15) is 18.0 Å². The summed E-state index contributed by atoms with van der Waals surface area (Å²) < 4.78 is 36.9. The Hall–Kier alpha value is -4.47. The normalized spacial score (nSPS) is 13.3. The third kappa shape index (κ3) is 10.8. The standard InChI is InChI=1S/C41H50N2O6S/c1-27-25-33(41(6,7)8)17-22-36(27)30-13-18-34(19-14-30)43-39(45)37(31-15-20-35(21-16-31)49-26-40(3,4)5)28(2)29-9-11-32(12-10-29)38(44)42-23-24-50(46,47)48/h9-22,25,28,37H,23-24,26H2,1-8H3,(H,42,44)(H,43,45)(H,46,47,48). The fourth-order valence-electron chi connectivity index (χ4n) is 5.67. The molecule has 0 saturated carbocycles. The Balaban J connectivity index is 1.57. The van der Waals surface area contributed by atoms with Crippen LogP contribution in [0, 0.1) is 12.3 Å². The zero-order valence-electron chi connectivity index (χ0n) is 30.3. The summed E-state index contributed by atoms with van der Waals surface area (Å²) in [7, 11) is -4.18. The minimum absolute atomic E-state index is 0.000663. The molecule has 0 aliphatic rings. The Morgan fingerprint density at radius 1 is 0.820 bits per heavy atom. The number of carbonyl (C=O) groups excluding carboxylic acids is 2. The molecule has 2 amide bonds. The first-order chi connectivity index (χ1) is 23.3. The summed E-state index contributed by atoms with van der Waals surface area (Å²) in [5, 5.41) is 5.63. The minimum atomic E-state index is -4.18. The van der Waals surface area contributed by atoms with Crippen LogP contribution in [0.1, 0.15) is 92.9 Å². The lowest BCUT2D eigenvalue weighted by Crippen LogP contribution is -2.29. The van der Waals surface area contributed by atoms with E-state index in [1.165, 1.54) is 11.1 Å². The van der Waals surface area contributed by atoms with Crippen molar-refractivity contribution in [1.82, 2.24) is 5.32 Å². The van der Waals surface area contributed by atoms with E-state index >= 15 is 0 Å². The zero-order chi connectivity index (χ0) is 36.9. The SMILES string of the molecule is Cc1cc(C(C)(C)C)ccc1-c1ccc(NC(=O)C(c2ccc(OCC(C)(C)C)cc2)C(C)c2ccc(C(=O)NCCS(=O)(=O)O)cc2)cc1. The van der Waals surface area contributed by atoms with E-state index in [2.05, 4.69) is 77.3 Å². The fraction of sp³-hybridized carbons (Fsp3) is 0.366. The molecule has 50 heavy (non-hydrogen) atoms. The number of anilines is 1. The summed E-state index contributed by atoms with van der Waals surface area (Å²) in [6.45, 7) is 17.4. The molecule has 3 N–H and O–H groups in total. The fourth-order valence-corrected chi connectivity index (χ4v) is 6.03. The minimum Gasteiger partial charge on any atom is -0.493 e. The number of hydrogen-bond donors (Lipinski definition) is 3. The zero-order valence-corrected chi connectivity index (χ0v) is 31.1. The largest absolute Gasteiger partial charge is 0.493 e. The highest BCUT2D eigenvalue weighted by Crippen LogP contribution is 2.36. The third-order valence-electron chi connectivity index (χ3n) is 8.59. The first-order valence-corrected chi connectivity index (χ1v) is 18.5. The highest BCUT2D eigenvalue weighted by Gasteiger charge is 2.29. The Bertz CT molecular complexity index is 1890. The Morgan fingerprint density at radius 3 is 1.96 bits per heavy atom. The van der Waals surface area contributed by atoms with Crippen LogP contribution >= 0.6 is 0 Å². The first-order valence-electron chi connectivity index (χ1n) is 16.9. The molecule has 8 nitrogen and oxygen atoms in total. The van der Waals surface area contributed by atoms with Crippen molar-refractivity contribution in [3.63, 3.8) is 0 Å². The van der Waals surface area contributed by atoms with Gasteiger partial charge in [0.05, 0.1) is 18.3 Å². The number of carbonyl (C=O) groups is 2. The van der Waals surface area contributed by atoms with Gasteiger partial charge in [-0.3, -0.25) is 14.1 Å². The summed E-state index contributed by atoms with van der Waals surface area (Å²) in [5.41, 5.74) is 7.43. The lowest BCUT2D eigenvalue weighted by molar-refractivity contribution is -0.118. The predicted octanol–water partition coefficient (Wildman–Crippen LogP) is 8.53. The van der Waals surface area contributed by atoms with Crippen LogP contribution in [0.3, 0.4) is 0 Å². The summed E-state index contributed by atoms with van der Waals surface area (Å²) in [6.07, 6.45) is 0. The molecule has 0 saturated heterocycles. The van der Waals surface area contributed by atoms with Gasteiger partial charge in [0.15, 0.2) is 0 Å². The van der Waals surface area contributed by atoms with Gasteiger partial charge in [-0.2, -0.15) is 8.42 Å². The van der Waals surface area contributed by atoms with E-state index in [0.29, 0.717) is 17.9 Å². The van der Waals surface area contributed by atoms with E-state index in [0.717, 1.165) is 28.0 Å². The molecule has 0 aliphatic carbocycles. The van der Waals surface area contributed by atoms with Gasteiger partial charge in [-0.1, -0.05) is 103 Å². The van der Waals surface area contributed by atoms with Gasteiger partial charge in [-0.25, -0.2) is 0 Å². The van der Waals surface area contributed by atoms with Crippen molar-refractivity contribution in [2.24, 2.45) is 5.41 Å². The van der Waals surface area contributed by atoms with Crippen LogP contribution in [0.15, 0.2) is 91.0 Å². The number of hydrogen-bond acceptors (Lipinski definition) is 5. The average molecular weight is 699 g/mol. The van der Waals surface area contributed by atoms with Gasteiger partial charge in [0.2, 0.25) is 5.91 Å². The molecule has 0 spiro atoms. The highest BCUT2D eigenvalue weighted by molar-refractivity contribution is 7.85. The molecule has 0 aliphatic heterocycles. The summed E-state index contributed by atoms with van der Waals surface area (Å²) in [4.78, 5) is 26.7. The van der Waals surface area contributed by atoms with Crippen molar-refractivity contribution in [3.8, 4) is 16.9 Å². The topological polar surface area (TPSA) is 122 Å². The van der Waals surface area contributed by atoms with Crippen molar-refractivity contribution in [2.45, 2.75) is 72.6 Å². The number of amides is 2. The average Bonchev–Trinajstić information content (AvgIpc) is 3.03. The smallest absolute Gasteiger partial charge is 0.266 e. The number of benzene rings is 4. The van der Waals surface area contributed by atoms with E-state index < -0.39 is 27.7 Å². The summed E-state index contributed by atoms with van der Waals surface area (Å²) in [5.74, 6) is -1.34. The maximum Gasteiger partial charge on any atom is 0.266 e. The second-order valence-corrected chi connectivity index (χ2v) is 16.8. The van der Waals surface area contributed by atoms with Gasteiger partial charge >= 0.3 is 0 Å². The molecule has 4 aromatic carbocycles. The number of nitrogens with one attached hydrogen (secondary N) is 2. The van der Waals surface area contributed by atoms with Crippen LogP contribution in [0.4, 0.5) is 5.69 Å². The van der Waals surface area contributed by atoms with Crippen LogP contribution < -0.4 is 15.4 Å². The monoisotopic (exact) mass is 698 g/mol. The van der Waals surface area contributed by atoms with Crippen LogP contribution in [0.5, 0.6) is 5.75 Å². The van der Waals surface area contributed by atoms with E-state index in [-0.39, 0.29) is 29.2 Å². The van der Waals surface area contributed by atoms with Crippen molar-refractivity contribution in [2.75, 3.05) is 24.2 Å². The number of aryl methyl sites for hydroxylation is 1. The second-order valence-electron chi connectivity index (χ2n) is 15.2. The molecule has 0 aromatic heterocycles. The van der Waals surface area contributed by atoms with Gasteiger partial charge in [-0.05, 0) is 93.5 Å². The quantitative estimate of drug-likeness (QED) is 0.128. The van der Waals surface area contributed by atoms with Crippen LogP contribution in [-0.4, -0.2) is 43.7 Å². The van der Waals surface area contributed by atoms with E-state index in [1.54, 1.807) is 24.3 Å². The van der Waals surface area contributed by atoms with Crippen molar-refractivity contribution in [1.29, 1.82) is 0 Å². The molecule has 4 aromatic rings. The molecular weight excluding hydrogens is 649 g/mol. The molecule has 0 bridgehead atoms. The van der Waals surface area contributed by atoms with Crippen molar-refractivity contribution >= 4 is 27.6 Å². The van der Waals surface area contributed by atoms with Crippen LogP contribution in [0.25, 0.3) is 11.1 Å². The van der Waals surface area contributed by atoms with Gasteiger partial charge < -0.3 is 15.4 Å². The first kappa shape index (κ1) is 38.3. The van der Waals surface area contributed by atoms with Gasteiger partial charge in [-0.15, -0.1) is 0 Å². The van der Waals surface area contributed by atoms with Gasteiger partial charge in [0.25, 0.3) is 16.0 Å². The van der Waals surface area contributed by atoms with Crippen molar-refractivity contribution in [3.05, 3.63) is 119 Å². The number of ether oxygens (including phenoxy) is 1. The predicted molar refractivity (Wildman–Crippen MR) is 202 cm³/mol. The van der Waals surface area contributed by atoms with E-state index in [4.69, 9.17) is 9.29 Å². The van der Waals surface area contributed by atoms with Crippen LogP contribution in [0.2, 0.25) is 0 Å². The maximum atomic E-state index is 14.1. The molecule has 2 unspecified atom stereocenters. The lowest BCUT2D eigenvalue weighted by atomic mass is 9.81. The third-order valence-corrected chi connectivity index (χ3v) is 9.31. The molecule has 0 radical (unpaired) electrons. The summed E-state index contributed by atoms with van der Waals surface area (Å²) >= 11 is 0. The Labute approximate surface area is 297 Å². The molecule has 9 heteroatoms. The summed E-state index contributed by atoms with van der Waals surface area (Å²) in [6, 6.07) is 28.9. The molecule has 266 valence electrons. The van der Waals surface area contributed by atoms with Gasteiger partial charge in [0, 0.05) is 17.8 Å². The van der Waals surface area contributed by atoms with E-state index in [1.807, 2.05) is 55.5 Å². The highest BCUT2D eigenvalue weighted by atomic mass is 32.2. The molecular formula is C41H50N2O6S. The second kappa shape index (κ2) is 15.6. The Kier molecular flexibility index (Phi) is 12.0. The molecule has 2 atom stereocenters. The maximum absolute atomic E-state index is 14.1. The number of rotatable bonds is 12. The lowest BCUT2D eigenvalue weighted by Gasteiger charge is -2.25. The van der Waals surface area contributed by atoms with Crippen LogP contribution in [-0.2, 0) is 20.3 Å².